The van der Waals surface area contributed by atoms with E-state index in [1.54, 1.807) is 0 Å². The second-order valence-corrected chi connectivity index (χ2v) is 8.21. The lowest BCUT2D eigenvalue weighted by Gasteiger charge is -2.32. The van der Waals surface area contributed by atoms with Gasteiger partial charge in [-0.1, -0.05) is 27.2 Å². The van der Waals surface area contributed by atoms with Crippen LogP contribution < -0.4 is 0 Å². The Bertz CT molecular complexity index is 435. The van der Waals surface area contributed by atoms with E-state index in [0.717, 1.165) is 19.3 Å². The van der Waals surface area contributed by atoms with Gasteiger partial charge >= 0.3 is 5.97 Å². The van der Waals surface area contributed by atoms with Gasteiger partial charge in [-0.05, 0) is 19.3 Å². The van der Waals surface area contributed by atoms with Crippen molar-refractivity contribution in [1.29, 1.82) is 0 Å². The van der Waals surface area contributed by atoms with E-state index in [-0.39, 0.29) is 5.37 Å². The van der Waals surface area contributed by atoms with Crippen LogP contribution in [0.3, 0.4) is 0 Å². The molecule has 0 aromatic rings. The van der Waals surface area contributed by atoms with Gasteiger partial charge < -0.3 is 5.11 Å². The number of carbonyl (C=O) groups is 1. The molecule has 0 aliphatic carbocycles. The zero-order valence-corrected chi connectivity index (χ0v) is 14.6. The molecule has 1 N–H and O–H groups in total. The van der Waals surface area contributed by atoms with Gasteiger partial charge in [0.15, 0.2) is 0 Å². The van der Waals surface area contributed by atoms with Crippen LogP contribution in [0.5, 0.6) is 0 Å². The lowest BCUT2D eigenvalue weighted by molar-refractivity contribution is -0.140. The molecule has 0 aromatic carbocycles. The molecule has 0 spiro atoms. The van der Waals surface area contributed by atoms with Gasteiger partial charge in [0.1, 0.15) is 6.04 Å². The minimum Gasteiger partial charge on any atom is -0.480 e. The van der Waals surface area contributed by atoms with Gasteiger partial charge in [0.25, 0.3) is 10.2 Å². The highest BCUT2D eigenvalue weighted by atomic mass is 32.2. The molecule has 1 aliphatic rings. The normalized spacial score (nSPS) is 23.8. The van der Waals surface area contributed by atoms with Crippen molar-refractivity contribution in [2.24, 2.45) is 0 Å². The molecule has 2 atom stereocenters. The van der Waals surface area contributed by atoms with Gasteiger partial charge in [-0.15, -0.1) is 11.8 Å². The Hall–Kier alpha value is -0.310. The lowest BCUT2D eigenvalue weighted by Crippen LogP contribution is -2.52. The maximum atomic E-state index is 12.9. The zero-order valence-electron chi connectivity index (χ0n) is 13.0. The van der Waals surface area contributed by atoms with Crippen LogP contribution in [-0.4, -0.2) is 58.4 Å². The largest absolute Gasteiger partial charge is 0.480 e. The number of aliphatic carboxylic acids is 1. The zero-order chi connectivity index (χ0) is 16.0. The molecule has 1 saturated heterocycles. The van der Waals surface area contributed by atoms with Crippen molar-refractivity contribution in [1.82, 2.24) is 8.61 Å². The van der Waals surface area contributed by atoms with Crippen LogP contribution in [0.1, 0.15) is 46.5 Å². The van der Waals surface area contributed by atoms with Gasteiger partial charge in [0.05, 0.1) is 5.37 Å². The Labute approximate surface area is 132 Å². The summed E-state index contributed by atoms with van der Waals surface area (Å²) >= 11 is 1.43. The van der Waals surface area contributed by atoms with Crippen molar-refractivity contribution < 1.29 is 18.3 Å². The van der Waals surface area contributed by atoms with Crippen LogP contribution in [0.4, 0.5) is 0 Å². The molecule has 8 heteroatoms. The van der Waals surface area contributed by atoms with Gasteiger partial charge in [-0.2, -0.15) is 17.0 Å². The third-order valence-electron chi connectivity index (χ3n) is 3.40. The van der Waals surface area contributed by atoms with E-state index in [4.69, 9.17) is 0 Å². The van der Waals surface area contributed by atoms with Crippen molar-refractivity contribution in [2.75, 3.05) is 18.8 Å². The highest BCUT2D eigenvalue weighted by molar-refractivity contribution is 8.01. The Morgan fingerprint density at radius 3 is 2.24 bits per heavy atom. The summed E-state index contributed by atoms with van der Waals surface area (Å²) in [5.41, 5.74) is 0. The second-order valence-electron chi connectivity index (χ2n) is 5.17. The fraction of sp³-hybridized carbons (Fsp3) is 0.923. The lowest BCUT2D eigenvalue weighted by atomic mass is 10.3. The van der Waals surface area contributed by atoms with Gasteiger partial charge in [-0.25, -0.2) is 0 Å². The monoisotopic (exact) mass is 338 g/mol. The Morgan fingerprint density at radius 2 is 1.81 bits per heavy atom. The van der Waals surface area contributed by atoms with E-state index in [2.05, 4.69) is 0 Å². The van der Waals surface area contributed by atoms with Gasteiger partial charge in [0.2, 0.25) is 0 Å². The molecule has 0 amide bonds. The summed E-state index contributed by atoms with van der Waals surface area (Å²) in [4.78, 5) is 11.4. The van der Waals surface area contributed by atoms with Crippen LogP contribution in [0.15, 0.2) is 0 Å². The first-order chi connectivity index (χ1) is 9.89. The fourth-order valence-electron chi connectivity index (χ4n) is 2.47. The molecule has 1 heterocycles. The minimum atomic E-state index is -3.73. The van der Waals surface area contributed by atoms with Crippen LogP contribution in [0, 0.1) is 0 Å². The van der Waals surface area contributed by atoms with E-state index in [0.29, 0.717) is 25.3 Å². The SMILES string of the molecule is CCCC1SCC(C(=O)O)N1S(=O)(=O)N(CCC)CCC. The molecule has 0 radical (unpaired) electrons. The Morgan fingerprint density at radius 1 is 1.24 bits per heavy atom. The number of hydrogen-bond donors (Lipinski definition) is 1. The standard InChI is InChI=1S/C13H26N2O4S2/c1-4-7-12-15(11(10-20-12)13(16)17)21(18,19)14(8-5-2)9-6-3/h11-12H,4-10H2,1-3H3,(H,16,17). The molecule has 6 nitrogen and oxygen atoms in total. The Kier molecular flexibility index (Phi) is 7.46. The molecule has 1 aliphatic heterocycles. The predicted octanol–water partition coefficient (Wildman–Crippen LogP) is 1.98. The third kappa shape index (κ3) is 4.34. The number of carboxylic acid groups (broad SMARTS) is 1. The second kappa shape index (κ2) is 8.36. The molecule has 21 heavy (non-hydrogen) atoms. The summed E-state index contributed by atoms with van der Waals surface area (Å²) in [6.45, 7) is 6.70. The van der Waals surface area contributed by atoms with Crippen LogP contribution in [0.2, 0.25) is 0 Å². The number of carboxylic acids is 1. The summed E-state index contributed by atoms with van der Waals surface area (Å²) in [7, 11) is -3.73. The van der Waals surface area contributed by atoms with Crippen LogP contribution in [-0.2, 0) is 15.0 Å². The number of thioether (sulfide) groups is 1. The molecular formula is C13H26N2O4S2. The Balaban J connectivity index is 3.10. The molecule has 2 unspecified atom stereocenters. The molecular weight excluding hydrogens is 312 g/mol. The summed E-state index contributed by atoms with van der Waals surface area (Å²) in [6.07, 6.45) is 2.95. The quantitative estimate of drug-likeness (QED) is 0.695. The summed E-state index contributed by atoms with van der Waals surface area (Å²) in [5.74, 6) is -0.733. The van der Waals surface area contributed by atoms with Gasteiger partial charge in [0, 0.05) is 18.8 Å². The van der Waals surface area contributed by atoms with Gasteiger partial charge in [-0.3, -0.25) is 4.79 Å². The average molecular weight is 338 g/mol. The van der Waals surface area contributed by atoms with E-state index in [1.807, 2.05) is 20.8 Å². The van der Waals surface area contributed by atoms with Crippen molar-refractivity contribution in [3.8, 4) is 0 Å². The van der Waals surface area contributed by atoms with Crippen molar-refractivity contribution in [3.63, 3.8) is 0 Å². The maximum absolute atomic E-state index is 12.9. The first kappa shape index (κ1) is 18.7. The summed E-state index contributed by atoms with van der Waals surface area (Å²) in [6, 6.07) is -0.951. The first-order valence-electron chi connectivity index (χ1n) is 7.53. The smallest absolute Gasteiger partial charge is 0.322 e. The summed E-state index contributed by atoms with van der Waals surface area (Å²) in [5, 5.41) is 9.07. The van der Waals surface area contributed by atoms with E-state index in [9.17, 15) is 18.3 Å². The third-order valence-corrected chi connectivity index (χ3v) is 6.95. The van der Waals surface area contributed by atoms with Crippen LogP contribution in [0.25, 0.3) is 0 Å². The van der Waals surface area contributed by atoms with Crippen molar-refractivity contribution in [3.05, 3.63) is 0 Å². The number of rotatable bonds is 9. The molecule has 124 valence electrons. The fourth-order valence-corrected chi connectivity index (χ4v) is 6.46. The van der Waals surface area contributed by atoms with E-state index < -0.39 is 22.2 Å². The topological polar surface area (TPSA) is 77.9 Å². The highest BCUT2D eigenvalue weighted by Crippen LogP contribution is 2.35. The number of hydrogen-bond acceptors (Lipinski definition) is 4. The van der Waals surface area contributed by atoms with E-state index >= 15 is 0 Å². The molecule has 0 bridgehead atoms. The average Bonchev–Trinajstić information content (AvgIpc) is 2.83. The predicted molar refractivity (Wildman–Crippen MR) is 85.5 cm³/mol. The molecule has 0 aromatic heterocycles. The molecule has 0 saturated carbocycles. The van der Waals surface area contributed by atoms with Crippen molar-refractivity contribution >= 4 is 27.9 Å². The number of nitrogens with zero attached hydrogens (tertiary/aromatic N) is 2. The molecule has 1 rings (SSSR count). The molecule has 1 fully saturated rings. The summed E-state index contributed by atoms with van der Waals surface area (Å²) < 4.78 is 28.4. The van der Waals surface area contributed by atoms with Crippen molar-refractivity contribution in [2.45, 2.75) is 57.9 Å². The van der Waals surface area contributed by atoms with E-state index in [1.165, 1.54) is 20.4 Å². The maximum Gasteiger partial charge on any atom is 0.322 e. The highest BCUT2D eigenvalue weighted by Gasteiger charge is 2.47. The first-order valence-corrected chi connectivity index (χ1v) is 9.97. The van der Waals surface area contributed by atoms with Crippen LogP contribution >= 0.6 is 11.8 Å². The minimum absolute atomic E-state index is 0.266.